The Labute approximate surface area is 165 Å². The van der Waals surface area contributed by atoms with Crippen LogP contribution in [0.4, 0.5) is 5.69 Å². The van der Waals surface area contributed by atoms with Crippen LogP contribution >= 0.6 is 11.8 Å². The molecule has 3 N–H and O–H groups in total. The fourth-order valence-electron chi connectivity index (χ4n) is 2.87. The number of quaternary nitrogens is 1. The van der Waals surface area contributed by atoms with E-state index < -0.39 is 0 Å². The third-order valence-electron chi connectivity index (χ3n) is 4.32. The van der Waals surface area contributed by atoms with Gasteiger partial charge in [0.1, 0.15) is 6.54 Å². The lowest BCUT2D eigenvalue weighted by Gasteiger charge is -2.15. The van der Waals surface area contributed by atoms with Gasteiger partial charge in [-0.25, -0.2) is 0 Å². The Morgan fingerprint density at radius 3 is 2.22 bits per heavy atom. The van der Waals surface area contributed by atoms with Gasteiger partial charge in [-0.1, -0.05) is 30.3 Å². The number of hydrogen-bond donors (Lipinski definition) is 3. The Balaban J connectivity index is 1.76. The van der Waals surface area contributed by atoms with Crippen molar-refractivity contribution in [3.8, 4) is 0 Å². The predicted molar refractivity (Wildman–Crippen MR) is 111 cm³/mol. The number of anilines is 1. The predicted octanol–water partition coefficient (Wildman–Crippen LogP) is 1.79. The second kappa shape index (κ2) is 10.1. The van der Waals surface area contributed by atoms with Gasteiger partial charge in [0.05, 0.1) is 13.6 Å². The van der Waals surface area contributed by atoms with Crippen LogP contribution in [0.25, 0.3) is 0 Å². The smallest absolute Gasteiger partial charge is 0.275 e. The van der Waals surface area contributed by atoms with Crippen molar-refractivity contribution in [2.24, 2.45) is 0 Å². The molecule has 1 unspecified atom stereocenters. The fourth-order valence-corrected chi connectivity index (χ4v) is 3.27. The summed E-state index contributed by atoms with van der Waals surface area (Å²) in [4.78, 5) is 26.5. The number of carbonyl (C=O) groups excluding carboxylic acids is 2. The molecule has 0 radical (unpaired) electrons. The van der Waals surface area contributed by atoms with Gasteiger partial charge in [-0.2, -0.15) is 0 Å². The highest BCUT2D eigenvalue weighted by atomic mass is 32.2. The maximum atomic E-state index is 12.1. The molecule has 0 aliphatic heterocycles. The Bertz CT molecular complexity index is 770. The number of thioether (sulfide) groups is 1. The third-order valence-corrected chi connectivity index (χ3v) is 5.06. The van der Waals surface area contributed by atoms with Gasteiger partial charge in [-0.3, -0.25) is 9.59 Å². The lowest BCUT2D eigenvalue weighted by atomic mass is 10.1. The molecule has 0 aliphatic rings. The van der Waals surface area contributed by atoms with Gasteiger partial charge in [-0.05, 0) is 43.4 Å². The molecule has 0 aromatic heterocycles. The maximum Gasteiger partial charge on any atom is 0.275 e. The molecule has 6 heteroatoms. The Kier molecular flexibility index (Phi) is 7.88. The van der Waals surface area contributed by atoms with Crippen molar-refractivity contribution in [2.45, 2.75) is 25.3 Å². The van der Waals surface area contributed by atoms with Gasteiger partial charge in [0, 0.05) is 16.1 Å². The number of carbonyl (C=O) groups is 2. The number of benzene rings is 2. The summed E-state index contributed by atoms with van der Waals surface area (Å²) in [5.74, 6) is -0.351. The minimum absolute atomic E-state index is 0.0255. The fraction of sp³-hybridized carbons (Fsp3) is 0.333. The molecule has 144 valence electrons. The summed E-state index contributed by atoms with van der Waals surface area (Å²) in [7, 11) is 1.97. The zero-order valence-corrected chi connectivity index (χ0v) is 17.2. The molecule has 27 heavy (non-hydrogen) atoms. The number of hydrogen-bond acceptors (Lipinski definition) is 3. The van der Waals surface area contributed by atoms with Gasteiger partial charge in [0.25, 0.3) is 5.91 Å². The lowest BCUT2D eigenvalue weighted by molar-refractivity contribution is -0.885. The number of amides is 2. The summed E-state index contributed by atoms with van der Waals surface area (Å²) >= 11 is 1.71. The van der Waals surface area contributed by atoms with Crippen LogP contribution in [-0.4, -0.2) is 38.2 Å². The molecule has 0 aliphatic carbocycles. The molecule has 1 atom stereocenters. The van der Waals surface area contributed by atoms with E-state index in [0.29, 0.717) is 6.54 Å². The molecule has 2 aromatic rings. The van der Waals surface area contributed by atoms with Crippen molar-refractivity contribution in [2.75, 3.05) is 31.7 Å². The van der Waals surface area contributed by atoms with Gasteiger partial charge < -0.3 is 15.5 Å². The van der Waals surface area contributed by atoms with E-state index in [2.05, 4.69) is 34.9 Å². The maximum absolute atomic E-state index is 12.1. The number of likely N-dealkylation sites (N-methyl/N-ethyl adjacent to an activating group) is 1. The first-order valence-electron chi connectivity index (χ1n) is 8.96. The normalized spacial score (nSPS) is 11.7. The molecular formula is C21H28N3O2S+. The van der Waals surface area contributed by atoms with Crippen LogP contribution in [0, 0.1) is 13.8 Å². The highest BCUT2D eigenvalue weighted by Crippen LogP contribution is 2.19. The van der Waals surface area contributed by atoms with Gasteiger partial charge >= 0.3 is 0 Å². The van der Waals surface area contributed by atoms with Crippen molar-refractivity contribution >= 4 is 29.3 Å². The first-order valence-corrected chi connectivity index (χ1v) is 10.2. The summed E-state index contributed by atoms with van der Waals surface area (Å²) in [5, 5.41) is 5.58. The summed E-state index contributed by atoms with van der Waals surface area (Å²) in [6, 6.07) is 14.2. The highest BCUT2D eigenvalue weighted by molar-refractivity contribution is 7.98. The van der Waals surface area contributed by atoms with E-state index in [1.165, 1.54) is 10.5 Å². The average Bonchev–Trinajstić information content (AvgIpc) is 2.63. The average molecular weight is 387 g/mol. The van der Waals surface area contributed by atoms with Gasteiger partial charge in [-0.15, -0.1) is 11.8 Å². The number of rotatable bonds is 8. The van der Waals surface area contributed by atoms with E-state index in [9.17, 15) is 9.59 Å². The largest absolute Gasteiger partial charge is 0.342 e. The van der Waals surface area contributed by atoms with Gasteiger partial charge in [0.2, 0.25) is 5.91 Å². The third kappa shape index (κ3) is 6.73. The Hall–Kier alpha value is -2.31. The number of aryl methyl sites for hydroxylation is 2. The highest BCUT2D eigenvalue weighted by Gasteiger charge is 2.13. The van der Waals surface area contributed by atoms with Crippen LogP contribution in [0.3, 0.4) is 0 Å². The van der Waals surface area contributed by atoms with Crippen molar-refractivity contribution in [3.63, 3.8) is 0 Å². The second-order valence-corrected chi connectivity index (χ2v) is 7.63. The minimum atomic E-state index is -0.217. The van der Waals surface area contributed by atoms with E-state index in [4.69, 9.17) is 0 Å². The van der Waals surface area contributed by atoms with Gasteiger partial charge in [0.15, 0.2) is 6.54 Å². The van der Waals surface area contributed by atoms with Crippen molar-refractivity contribution in [1.82, 2.24) is 5.32 Å². The standard InChI is InChI=1S/C21H27N3O2S/c1-15-6-5-7-16(2)21(15)23-19(25)12-22-20(26)14-24(3)13-17-8-10-18(27-4)11-9-17/h5-11H,12-14H2,1-4H3,(H,22,26)(H,23,25)/p+1. The molecule has 0 saturated heterocycles. The van der Waals surface area contributed by atoms with Crippen LogP contribution in [0.2, 0.25) is 0 Å². The van der Waals surface area contributed by atoms with E-state index in [1.54, 1.807) is 11.8 Å². The van der Waals surface area contributed by atoms with E-state index in [1.807, 2.05) is 45.4 Å². The topological polar surface area (TPSA) is 62.6 Å². The van der Waals surface area contributed by atoms with Crippen LogP contribution < -0.4 is 15.5 Å². The Morgan fingerprint density at radius 1 is 1.00 bits per heavy atom. The molecular weight excluding hydrogens is 358 g/mol. The quantitative estimate of drug-likeness (QED) is 0.606. The molecule has 0 heterocycles. The molecule has 5 nitrogen and oxygen atoms in total. The van der Waals surface area contributed by atoms with E-state index >= 15 is 0 Å². The van der Waals surface area contributed by atoms with Crippen LogP contribution in [-0.2, 0) is 16.1 Å². The summed E-state index contributed by atoms with van der Waals surface area (Å²) in [6.07, 6.45) is 2.05. The van der Waals surface area contributed by atoms with E-state index in [-0.39, 0.29) is 18.4 Å². The second-order valence-electron chi connectivity index (χ2n) is 6.75. The monoisotopic (exact) mass is 386 g/mol. The number of nitrogens with one attached hydrogen (secondary N) is 3. The zero-order valence-electron chi connectivity index (χ0n) is 16.4. The summed E-state index contributed by atoms with van der Waals surface area (Å²) in [6.45, 7) is 4.95. The molecule has 2 amide bonds. The summed E-state index contributed by atoms with van der Waals surface area (Å²) in [5.41, 5.74) is 4.01. The molecule has 2 aromatic carbocycles. The Morgan fingerprint density at radius 2 is 1.63 bits per heavy atom. The molecule has 0 bridgehead atoms. The SMILES string of the molecule is CSc1ccc(C[NH+](C)CC(=O)NCC(=O)Nc2c(C)cccc2C)cc1. The first kappa shape index (κ1) is 21.0. The van der Waals surface area contributed by atoms with E-state index in [0.717, 1.165) is 28.3 Å². The van der Waals surface area contributed by atoms with Crippen molar-refractivity contribution < 1.29 is 14.5 Å². The van der Waals surface area contributed by atoms with Crippen molar-refractivity contribution in [1.29, 1.82) is 0 Å². The van der Waals surface area contributed by atoms with Crippen LogP contribution in [0.5, 0.6) is 0 Å². The zero-order chi connectivity index (χ0) is 19.8. The van der Waals surface area contributed by atoms with Crippen LogP contribution in [0.15, 0.2) is 47.4 Å². The summed E-state index contributed by atoms with van der Waals surface area (Å²) < 4.78 is 0. The molecule has 0 spiro atoms. The molecule has 0 saturated carbocycles. The molecule has 2 rings (SSSR count). The lowest BCUT2D eigenvalue weighted by Crippen LogP contribution is -3.08. The van der Waals surface area contributed by atoms with Crippen molar-refractivity contribution in [3.05, 3.63) is 59.2 Å². The first-order chi connectivity index (χ1) is 12.9. The minimum Gasteiger partial charge on any atom is -0.342 e. The molecule has 0 fully saturated rings. The number of para-hydroxylation sites is 1. The van der Waals surface area contributed by atoms with Crippen LogP contribution in [0.1, 0.15) is 16.7 Å².